The SMILES string of the molecule is Cc1noc(C2CCCN(C(=O)c3ccc(C(=O)NCc4ccccc4)cc3)C2)n1. The van der Waals surface area contributed by atoms with E-state index in [9.17, 15) is 9.59 Å². The maximum Gasteiger partial charge on any atom is 0.253 e. The molecule has 4 rings (SSSR count). The maximum absolute atomic E-state index is 12.9. The van der Waals surface area contributed by atoms with Crippen molar-refractivity contribution < 1.29 is 14.1 Å². The molecule has 2 heterocycles. The van der Waals surface area contributed by atoms with Gasteiger partial charge < -0.3 is 14.7 Å². The van der Waals surface area contributed by atoms with Crippen LogP contribution in [0.3, 0.4) is 0 Å². The summed E-state index contributed by atoms with van der Waals surface area (Å²) in [7, 11) is 0. The highest BCUT2D eigenvalue weighted by molar-refractivity contribution is 5.97. The Morgan fingerprint density at radius 1 is 1.10 bits per heavy atom. The molecule has 7 heteroatoms. The van der Waals surface area contributed by atoms with Gasteiger partial charge in [0.1, 0.15) is 0 Å². The van der Waals surface area contributed by atoms with Crippen molar-refractivity contribution >= 4 is 11.8 Å². The lowest BCUT2D eigenvalue weighted by Crippen LogP contribution is -2.39. The van der Waals surface area contributed by atoms with Gasteiger partial charge in [-0.25, -0.2) is 0 Å². The zero-order valence-corrected chi connectivity index (χ0v) is 16.9. The molecule has 1 saturated heterocycles. The van der Waals surface area contributed by atoms with Gasteiger partial charge in [0.25, 0.3) is 11.8 Å². The largest absolute Gasteiger partial charge is 0.348 e. The van der Waals surface area contributed by atoms with Crippen molar-refractivity contribution in [2.75, 3.05) is 13.1 Å². The highest BCUT2D eigenvalue weighted by Crippen LogP contribution is 2.26. The number of amides is 2. The number of likely N-dealkylation sites (tertiary alicyclic amines) is 1. The molecule has 7 nitrogen and oxygen atoms in total. The zero-order valence-electron chi connectivity index (χ0n) is 16.9. The number of hydrogen-bond donors (Lipinski definition) is 1. The van der Waals surface area contributed by atoms with Crippen molar-refractivity contribution in [2.24, 2.45) is 0 Å². The molecule has 0 bridgehead atoms. The molecule has 0 saturated carbocycles. The molecule has 1 N–H and O–H groups in total. The van der Waals surface area contributed by atoms with Gasteiger partial charge in [-0.05, 0) is 49.6 Å². The molecule has 0 spiro atoms. The first-order valence-corrected chi connectivity index (χ1v) is 10.1. The lowest BCUT2D eigenvalue weighted by Gasteiger charge is -2.31. The van der Waals surface area contributed by atoms with Gasteiger partial charge in [0.2, 0.25) is 5.89 Å². The van der Waals surface area contributed by atoms with Crippen LogP contribution in [0.4, 0.5) is 0 Å². The van der Waals surface area contributed by atoms with Gasteiger partial charge in [0.15, 0.2) is 5.82 Å². The van der Waals surface area contributed by atoms with E-state index in [4.69, 9.17) is 4.52 Å². The molecule has 1 unspecified atom stereocenters. The molecule has 2 aromatic carbocycles. The molecule has 1 aliphatic rings. The predicted molar refractivity (Wildman–Crippen MR) is 111 cm³/mol. The van der Waals surface area contributed by atoms with Crippen LogP contribution < -0.4 is 5.32 Å². The second kappa shape index (κ2) is 8.90. The standard InChI is InChI=1S/C23H24N4O3/c1-16-25-22(30-26-16)20-8-5-13-27(15-20)23(29)19-11-9-18(10-12-19)21(28)24-14-17-6-3-2-4-7-17/h2-4,6-7,9-12,20H,5,8,13-15H2,1H3,(H,24,28). The minimum Gasteiger partial charge on any atom is -0.348 e. The van der Waals surface area contributed by atoms with E-state index in [0.717, 1.165) is 18.4 Å². The van der Waals surface area contributed by atoms with E-state index in [2.05, 4.69) is 15.5 Å². The number of aryl methyl sites for hydroxylation is 1. The van der Waals surface area contributed by atoms with E-state index in [1.54, 1.807) is 31.2 Å². The minimum absolute atomic E-state index is 0.0489. The Balaban J connectivity index is 1.37. The van der Waals surface area contributed by atoms with Gasteiger partial charge in [-0.2, -0.15) is 4.98 Å². The molecule has 1 atom stereocenters. The molecule has 2 amide bonds. The molecule has 1 fully saturated rings. The fourth-order valence-electron chi connectivity index (χ4n) is 3.67. The van der Waals surface area contributed by atoms with Crippen molar-refractivity contribution in [3.8, 4) is 0 Å². The van der Waals surface area contributed by atoms with Crippen LogP contribution in [-0.2, 0) is 6.54 Å². The number of carbonyl (C=O) groups excluding carboxylic acids is 2. The van der Waals surface area contributed by atoms with Gasteiger partial charge in [-0.3, -0.25) is 9.59 Å². The summed E-state index contributed by atoms with van der Waals surface area (Å²) in [6.45, 7) is 3.50. The smallest absolute Gasteiger partial charge is 0.253 e. The average Bonchev–Trinajstić information content (AvgIpc) is 3.24. The number of benzene rings is 2. The monoisotopic (exact) mass is 404 g/mol. The maximum atomic E-state index is 12.9. The molecular formula is C23H24N4O3. The zero-order chi connectivity index (χ0) is 20.9. The van der Waals surface area contributed by atoms with Crippen molar-refractivity contribution in [1.82, 2.24) is 20.4 Å². The van der Waals surface area contributed by atoms with Crippen molar-refractivity contribution in [1.29, 1.82) is 0 Å². The molecule has 1 aliphatic heterocycles. The summed E-state index contributed by atoms with van der Waals surface area (Å²) in [6, 6.07) is 16.5. The number of nitrogens with one attached hydrogen (secondary N) is 1. The number of aromatic nitrogens is 2. The predicted octanol–water partition coefficient (Wildman–Crippen LogP) is 3.33. The summed E-state index contributed by atoms with van der Waals surface area (Å²) in [5, 5.41) is 6.75. The first kappa shape index (κ1) is 19.8. The van der Waals surface area contributed by atoms with Crippen LogP contribution in [0, 0.1) is 6.92 Å². The summed E-state index contributed by atoms with van der Waals surface area (Å²) in [4.78, 5) is 31.4. The highest BCUT2D eigenvalue weighted by Gasteiger charge is 2.28. The summed E-state index contributed by atoms with van der Waals surface area (Å²) in [5.41, 5.74) is 2.13. The van der Waals surface area contributed by atoms with Gasteiger partial charge in [0.05, 0.1) is 5.92 Å². The number of hydrogen-bond acceptors (Lipinski definition) is 5. The first-order valence-electron chi connectivity index (χ1n) is 10.1. The van der Waals surface area contributed by atoms with E-state index >= 15 is 0 Å². The third-order valence-corrected chi connectivity index (χ3v) is 5.29. The lowest BCUT2D eigenvalue weighted by atomic mass is 9.97. The lowest BCUT2D eigenvalue weighted by molar-refractivity contribution is 0.0695. The van der Waals surface area contributed by atoms with Crippen molar-refractivity contribution in [3.05, 3.63) is 83.0 Å². The molecule has 0 aliphatic carbocycles. The number of carbonyl (C=O) groups is 2. The van der Waals surface area contributed by atoms with Crippen LogP contribution in [0.15, 0.2) is 59.1 Å². The summed E-state index contributed by atoms with van der Waals surface area (Å²) >= 11 is 0. The van der Waals surface area contributed by atoms with Crippen LogP contribution in [-0.4, -0.2) is 39.9 Å². The van der Waals surface area contributed by atoms with Gasteiger partial charge in [-0.1, -0.05) is 35.5 Å². The number of rotatable bonds is 5. The Labute approximate surface area is 175 Å². The highest BCUT2D eigenvalue weighted by atomic mass is 16.5. The molecule has 30 heavy (non-hydrogen) atoms. The Morgan fingerprint density at radius 2 is 1.83 bits per heavy atom. The van der Waals surface area contributed by atoms with E-state index in [-0.39, 0.29) is 17.7 Å². The molecular weight excluding hydrogens is 380 g/mol. The summed E-state index contributed by atoms with van der Waals surface area (Å²) in [5.74, 6) is 1.05. The van der Waals surface area contributed by atoms with E-state index in [1.165, 1.54) is 0 Å². The molecule has 3 aromatic rings. The normalized spacial score (nSPS) is 16.3. The summed E-state index contributed by atoms with van der Waals surface area (Å²) < 4.78 is 5.29. The Morgan fingerprint density at radius 3 is 2.53 bits per heavy atom. The average molecular weight is 404 g/mol. The van der Waals surface area contributed by atoms with Gasteiger partial charge >= 0.3 is 0 Å². The first-order chi connectivity index (χ1) is 14.6. The minimum atomic E-state index is -0.164. The number of piperidine rings is 1. The van der Waals surface area contributed by atoms with Gasteiger partial charge in [0, 0.05) is 30.8 Å². The molecule has 154 valence electrons. The fourth-order valence-corrected chi connectivity index (χ4v) is 3.67. The second-order valence-corrected chi connectivity index (χ2v) is 7.52. The van der Waals surface area contributed by atoms with Crippen LogP contribution in [0.25, 0.3) is 0 Å². The van der Waals surface area contributed by atoms with E-state index in [1.807, 2.05) is 35.2 Å². The second-order valence-electron chi connectivity index (χ2n) is 7.52. The Kier molecular flexibility index (Phi) is 5.88. The molecule has 1 aromatic heterocycles. The fraction of sp³-hybridized carbons (Fsp3) is 0.304. The molecule has 0 radical (unpaired) electrons. The van der Waals surface area contributed by atoms with Crippen molar-refractivity contribution in [2.45, 2.75) is 32.2 Å². The van der Waals surface area contributed by atoms with Crippen LogP contribution >= 0.6 is 0 Å². The van der Waals surface area contributed by atoms with Crippen LogP contribution in [0.2, 0.25) is 0 Å². The van der Waals surface area contributed by atoms with Crippen LogP contribution in [0.5, 0.6) is 0 Å². The summed E-state index contributed by atoms with van der Waals surface area (Å²) in [6.07, 6.45) is 1.81. The van der Waals surface area contributed by atoms with Crippen LogP contribution in [0.1, 0.15) is 56.8 Å². The van der Waals surface area contributed by atoms with E-state index in [0.29, 0.717) is 42.5 Å². The van der Waals surface area contributed by atoms with Gasteiger partial charge in [-0.15, -0.1) is 0 Å². The third kappa shape index (κ3) is 4.56. The number of nitrogens with zero attached hydrogens (tertiary/aromatic N) is 3. The topological polar surface area (TPSA) is 88.3 Å². The quantitative estimate of drug-likeness (QED) is 0.705. The third-order valence-electron chi connectivity index (χ3n) is 5.29. The van der Waals surface area contributed by atoms with E-state index < -0.39 is 0 Å². The Bertz CT molecular complexity index is 1010. The van der Waals surface area contributed by atoms with Crippen molar-refractivity contribution in [3.63, 3.8) is 0 Å². The Hall–Kier alpha value is -3.48.